The minimum atomic E-state index is -0.681. The van der Waals surface area contributed by atoms with Gasteiger partial charge in [0.25, 0.3) is 0 Å². The van der Waals surface area contributed by atoms with Crippen LogP contribution >= 0.6 is 0 Å². The number of pyridine rings is 1. The van der Waals surface area contributed by atoms with Crippen molar-refractivity contribution in [3.63, 3.8) is 0 Å². The van der Waals surface area contributed by atoms with E-state index < -0.39 is 5.41 Å². The Bertz CT molecular complexity index is 2820. The van der Waals surface area contributed by atoms with E-state index in [2.05, 4.69) is 235 Å². The molecule has 0 N–H and O–H groups in total. The topological polar surface area (TPSA) is 24.3 Å². The van der Waals surface area contributed by atoms with Gasteiger partial charge in [0.2, 0.25) is 0 Å². The number of hydrogen-bond acceptors (Lipinski definition) is 3. The van der Waals surface area contributed by atoms with Gasteiger partial charge >= 0.3 is 0 Å². The largest absolute Gasteiger partial charge is 0.355 e. The Hall–Kier alpha value is -6.13. The van der Waals surface area contributed by atoms with Crippen LogP contribution in [0, 0.1) is 0 Å². The molecule has 0 saturated carbocycles. The first-order valence-corrected chi connectivity index (χ1v) is 21.5. The van der Waals surface area contributed by atoms with Gasteiger partial charge in [-0.05, 0) is 104 Å². The Morgan fingerprint density at radius 1 is 0.433 bits per heavy atom. The van der Waals surface area contributed by atoms with E-state index in [-0.39, 0.29) is 16.2 Å². The molecule has 0 atom stereocenters. The van der Waals surface area contributed by atoms with E-state index in [1.807, 2.05) is 6.20 Å². The van der Waals surface area contributed by atoms with E-state index in [9.17, 15) is 0 Å². The van der Waals surface area contributed by atoms with Crippen molar-refractivity contribution in [2.75, 3.05) is 23.5 Å². The Morgan fingerprint density at radius 3 is 1.65 bits per heavy atom. The molecule has 8 aromatic rings. The van der Waals surface area contributed by atoms with Crippen molar-refractivity contribution < 1.29 is 0 Å². The number of nitrogens with zero attached hydrogens (tertiary/aromatic N) is 4. The first kappa shape index (κ1) is 39.3. The molecule has 0 fully saturated rings. The van der Waals surface area contributed by atoms with Crippen molar-refractivity contribution in [3.05, 3.63) is 197 Å². The number of para-hydroxylation sites is 1. The van der Waals surface area contributed by atoms with Crippen molar-refractivity contribution in [3.8, 4) is 5.82 Å². The first-order valence-electron chi connectivity index (χ1n) is 21.5. The van der Waals surface area contributed by atoms with E-state index in [0.717, 1.165) is 23.5 Å². The molecule has 0 radical (unpaired) electrons. The number of anilines is 3. The lowest BCUT2D eigenvalue weighted by Gasteiger charge is -2.38. The maximum absolute atomic E-state index is 5.05. The van der Waals surface area contributed by atoms with Gasteiger partial charge in [-0.2, -0.15) is 0 Å². The molecule has 4 nitrogen and oxygen atoms in total. The van der Waals surface area contributed by atoms with Crippen LogP contribution in [0.15, 0.2) is 158 Å². The van der Waals surface area contributed by atoms with Gasteiger partial charge in [-0.25, -0.2) is 4.98 Å². The van der Waals surface area contributed by atoms with E-state index >= 15 is 0 Å². The summed E-state index contributed by atoms with van der Waals surface area (Å²) in [5.41, 5.74) is 14.0. The third kappa shape index (κ3) is 6.58. The van der Waals surface area contributed by atoms with Crippen LogP contribution in [0.4, 0.5) is 17.1 Å². The monoisotopic (exact) mass is 786 g/mol. The average molecular weight is 787 g/mol. The highest BCUT2D eigenvalue weighted by Crippen LogP contribution is 2.50. The van der Waals surface area contributed by atoms with Gasteiger partial charge in [0.1, 0.15) is 5.82 Å². The molecular weight excluding hydrogens is 729 g/mol. The van der Waals surface area contributed by atoms with E-state index in [4.69, 9.17) is 4.98 Å². The van der Waals surface area contributed by atoms with Crippen molar-refractivity contribution in [1.29, 1.82) is 0 Å². The molecule has 0 saturated heterocycles. The molecule has 9 rings (SSSR count). The van der Waals surface area contributed by atoms with Crippen LogP contribution in [-0.2, 0) is 21.7 Å². The van der Waals surface area contributed by atoms with Gasteiger partial charge in [0, 0.05) is 29.7 Å². The number of benzene rings is 6. The maximum atomic E-state index is 5.05. The highest BCUT2D eigenvalue weighted by atomic mass is 15.4. The van der Waals surface area contributed by atoms with Crippen LogP contribution in [0.3, 0.4) is 0 Å². The Balaban J connectivity index is 1.37. The zero-order valence-electron chi connectivity index (χ0n) is 37.0. The molecule has 6 aromatic carbocycles. The molecule has 0 amide bonds. The van der Waals surface area contributed by atoms with Crippen molar-refractivity contribution in [2.45, 2.75) is 84.0 Å². The van der Waals surface area contributed by atoms with Crippen LogP contribution in [0.1, 0.15) is 101 Å². The molecule has 0 bridgehead atoms. The molecule has 60 heavy (non-hydrogen) atoms. The number of aromatic nitrogens is 2. The Morgan fingerprint density at radius 2 is 1.00 bits per heavy atom. The lowest BCUT2D eigenvalue weighted by molar-refractivity contribution is 0.587. The zero-order chi connectivity index (χ0) is 42.2. The summed E-state index contributed by atoms with van der Waals surface area (Å²) >= 11 is 0. The van der Waals surface area contributed by atoms with Crippen LogP contribution < -0.4 is 9.80 Å². The molecule has 1 aliphatic heterocycles. The summed E-state index contributed by atoms with van der Waals surface area (Å²) in [6.07, 6.45) is 1.97. The number of fused-ring (bicyclic) bond motifs is 4. The molecule has 0 spiro atoms. The smallest absolute Gasteiger partial charge is 0.137 e. The van der Waals surface area contributed by atoms with Gasteiger partial charge in [0.15, 0.2) is 0 Å². The van der Waals surface area contributed by atoms with E-state index in [0.29, 0.717) is 0 Å². The van der Waals surface area contributed by atoms with Crippen LogP contribution in [-0.4, -0.2) is 23.3 Å². The second-order valence-corrected chi connectivity index (χ2v) is 20.0. The van der Waals surface area contributed by atoms with Crippen molar-refractivity contribution in [2.24, 2.45) is 0 Å². The van der Waals surface area contributed by atoms with Gasteiger partial charge in [-0.3, -0.25) is 4.57 Å². The van der Waals surface area contributed by atoms with E-state index in [1.54, 1.807) is 0 Å². The molecule has 1 aliphatic rings. The summed E-state index contributed by atoms with van der Waals surface area (Å²) in [6, 6.07) is 57.1. The summed E-state index contributed by atoms with van der Waals surface area (Å²) in [6.45, 7) is 21.5. The molecule has 0 unspecified atom stereocenters. The predicted molar refractivity (Wildman–Crippen MR) is 255 cm³/mol. The lowest BCUT2D eigenvalue weighted by Crippen LogP contribution is -2.32. The third-order valence-electron chi connectivity index (χ3n) is 12.8. The fraction of sp³-hybridized carbons (Fsp3) is 0.268. The zero-order valence-corrected chi connectivity index (χ0v) is 37.0. The minimum absolute atomic E-state index is 0.0211. The first-order chi connectivity index (χ1) is 28.5. The molecule has 3 heterocycles. The summed E-state index contributed by atoms with van der Waals surface area (Å²) in [4.78, 5) is 9.96. The number of hydrogen-bond donors (Lipinski definition) is 0. The summed E-state index contributed by atoms with van der Waals surface area (Å²) in [5.74, 6) is 0.930. The lowest BCUT2D eigenvalue weighted by atomic mass is 9.64. The second kappa shape index (κ2) is 14.3. The summed E-state index contributed by atoms with van der Waals surface area (Å²) < 4.78 is 2.38. The minimum Gasteiger partial charge on any atom is -0.355 e. The molecular formula is C56H58N4. The van der Waals surface area contributed by atoms with Crippen LogP contribution in [0.5, 0.6) is 0 Å². The predicted octanol–water partition coefficient (Wildman–Crippen LogP) is 14.0. The standard InChI is InChI=1S/C56H58N4/c1-53(2,3)40-26-28-49-51(34-40)58(10)37-59(49)45-32-43(55(7,8)9)31-44(33-45)56(38-19-13-11-14-20-38,39-21-15-12-16-22-39)42-25-27-47-46-23-17-18-24-48(46)60(50(47)35-42)52-36-41(29-30-57-52)54(4,5)6/h11-36H,37H2,1-10H3. The van der Waals surface area contributed by atoms with Gasteiger partial charge in [0.05, 0.1) is 34.5 Å². The highest BCUT2D eigenvalue weighted by Gasteiger charge is 2.41. The quantitative estimate of drug-likeness (QED) is 0.157. The maximum Gasteiger partial charge on any atom is 0.137 e. The van der Waals surface area contributed by atoms with Gasteiger partial charge in [-0.1, -0.05) is 165 Å². The fourth-order valence-corrected chi connectivity index (χ4v) is 9.36. The average Bonchev–Trinajstić information content (AvgIpc) is 3.75. The molecule has 4 heteroatoms. The molecule has 0 aliphatic carbocycles. The second-order valence-electron chi connectivity index (χ2n) is 20.0. The highest BCUT2D eigenvalue weighted by molar-refractivity contribution is 6.09. The summed E-state index contributed by atoms with van der Waals surface area (Å²) in [7, 11) is 2.22. The normalized spacial score (nSPS) is 13.7. The number of rotatable bonds is 6. The Kier molecular flexibility index (Phi) is 9.35. The van der Waals surface area contributed by atoms with Gasteiger partial charge in [-0.15, -0.1) is 0 Å². The van der Waals surface area contributed by atoms with Crippen molar-refractivity contribution >= 4 is 38.9 Å². The fourth-order valence-electron chi connectivity index (χ4n) is 9.36. The van der Waals surface area contributed by atoms with Crippen LogP contribution in [0.25, 0.3) is 27.6 Å². The van der Waals surface area contributed by atoms with E-state index in [1.165, 1.54) is 66.8 Å². The third-order valence-corrected chi connectivity index (χ3v) is 12.8. The molecule has 2 aromatic heterocycles. The summed E-state index contributed by atoms with van der Waals surface area (Å²) in [5, 5.41) is 2.43. The van der Waals surface area contributed by atoms with Gasteiger partial charge < -0.3 is 9.80 Å². The molecule has 302 valence electrons. The van der Waals surface area contributed by atoms with Crippen LogP contribution in [0.2, 0.25) is 0 Å². The Labute approximate surface area is 357 Å². The SMILES string of the molecule is CN1CN(c2cc(C(C)(C)C)cc(C(c3ccccc3)(c3ccccc3)c3ccc4c5ccccc5n(-c5cc(C(C)(C)C)ccn5)c4c3)c2)c2ccc(C(C)(C)C)cc21. The van der Waals surface area contributed by atoms with Crippen molar-refractivity contribution in [1.82, 2.24) is 9.55 Å².